The van der Waals surface area contributed by atoms with Crippen LogP contribution in [0.5, 0.6) is 0 Å². The zero-order chi connectivity index (χ0) is 13.9. The highest BCUT2D eigenvalue weighted by Gasteiger charge is 2.48. The van der Waals surface area contributed by atoms with Gasteiger partial charge in [0, 0.05) is 19.6 Å². The molecular weight excluding hydrogens is 242 g/mol. The summed E-state index contributed by atoms with van der Waals surface area (Å²) in [5.74, 6) is 0.0725. The van der Waals surface area contributed by atoms with E-state index in [4.69, 9.17) is 5.73 Å². The van der Waals surface area contributed by atoms with Gasteiger partial charge in [-0.15, -0.1) is 0 Å². The largest absolute Gasteiger partial charge is 0.356 e. The number of nitrogens with two attached hydrogens (primary N) is 1. The molecule has 2 rings (SSSR count). The molecule has 3 N–H and O–H groups in total. The van der Waals surface area contributed by atoms with Gasteiger partial charge in [0.2, 0.25) is 11.8 Å². The summed E-state index contributed by atoms with van der Waals surface area (Å²) in [6, 6.07) is 0. The Bertz CT molecular complexity index is 353. The van der Waals surface area contributed by atoms with E-state index in [1.165, 1.54) is 0 Å². The smallest absolute Gasteiger partial charge is 0.242 e. The van der Waals surface area contributed by atoms with E-state index in [1.807, 2.05) is 0 Å². The van der Waals surface area contributed by atoms with E-state index in [0.29, 0.717) is 6.54 Å². The third kappa shape index (κ3) is 3.47. The number of nitrogens with zero attached hydrogens (tertiary/aromatic N) is 1. The van der Waals surface area contributed by atoms with Crippen molar-refractivity contribution in [1.82, 2.24) is 10.2 Å². The number of unbranched alkanes of at least 4 members (excludes halogenated alkanes) is 1. The lowest BCUT2D eigenvalue weighted by Gasteiger charge is -2.33. The average molecular weight is 267 g/mol. The summed E-state index contributed by atoms with van der Waals surface area (Å²) in [5.41, 5.74) is 5.34. The SMILES string of the molecule is CCCCNC(=O)C1CCCN(C(=O)C2(N)CC2)C1. The molecule has 1 unspecified atom stereocenters. The number of hydrogen-bond acceptors (Lipinski definition) is 3. The quantitative estimate of drug-likeness (QED) is 0.718. The molecular formula is C14H25N3O2. The molecule has 0 aromatic carbocycles. The van der Waals surface area contributed by atoms with Crippen LogP contribution in [0.2, 0.25) is 0 Å². The standard InChI is InChI=1S/C14H25N3O2/c1-2-3-8-16-12(18)11-5-4-9-17(10-11)13(19)14(15)6-7-14/h11H,2-10,15H2,1H3,(H,16,18). The summed E-state index contributed by atoms with van der Waals surface area (Å²) in [4.78, 5) is 26.0. The maximum atomic E-state index is 12.2. The van der Waals surface area contributed by atoms with E-state index in [2.05, 4.69) is 12.2 Å². The Balaban J connectivity index is 1.83. The van der Waals surface area contributed by atoms with E-state index in [1.54, 1.807) is 4.90 Å². The molecule has 1 aliphatic carbocycles. The molecule has 0 bridgehead atoms. The fourth-order valence-electron chi connectivity index (χ4n) is 2.57. The van der Waals surface area contributed by atoms with Gasteiger partial charge in [-0.1, -0.05) is 13.3 Å². The molecule has 1 saturated heterocycles. The van der Waals surface area contributed by atoms with Crippen molar-refractivity contribution in [1.29, 1.82) is 0 Å². The highest BCUT2D eigenvalue weighted by Crippen LogP contribution is 2.35. The lowest BCUT2D eigenvalue weighted by Crippen LogP contribution is -2.51. The van der Waals surface area contributed by atoms with Crippen molar-refractivity contribution in [2.45, 2.75) is 51.0 Å². The second-order valence-electron chi connectivity index (χ2n) is 5.89. The molecule has 0 aromatic rings. The predicted octanol–water partition coefficient (Wildman–Crippen LogP) is 0.633. The van der Waals surface area contributed by atoms with E-state index in [9.17, 15) is 9.59 Å². The number of carbonyl (C=O) groups excluding carboxylic acids is 2. The van der Waals surface area contributed by atoms with Gasteiger partial charge < -0.3 is 16.0 Å². The van der Waals surface area contributed by atoms with E-state index >= 15 is 0 Å². The van der Waals surface area contributed by atoms with Crippen LogP contribution in [0.15, 0.2) is 0 Å². The lowest BCUT2D eigenvalue weighted by atomic mass is 9.96. The fraction of sp³-hybridized carbons (Fsp3) is 0.857. The predicted molar refractivity (Wildman–Crippen MR) is 73.4 cm³/mol. The van der Waals surface area contributed by atoms with Gasteiger partial charge in [-0.2, -0.15) is 0 Å². The Hall–Kier alpha value is -1.10. The molecule has 5 nitrogen and oxygen atoms in total. The molecule has 0 spiro atoms. The van der Waals surface area contributed by atoms with Gasteiger partial charge in [0.25, 0.3) is 0 Å². The first-order valence-electron chi connectivity index (χ1n) is 7.43. The normalized spacial score (nSPS) is 24.9. The third-order valence-corrected chi connectivity index (χ3v) is 4.12. The van der Waals surface area contributed by atoms with Crippen molar-refractivity contribution < 1.29 is 9.59 Å². The number of amides is 2. The molecule has 0 radical (unpaired) electrons. The molecule has 2 aliphatic rings. The van der Waals surface area contributed by atoms with E-state index < -0.39 is 5.54 Å². The van der Waals surface area contributed by atoms with Crippen molar-refractivity contribution in [3.8, 4) is 0 Å². The van der Waals surface area contributed by atoms with Gasteiger partial charge in [0.1, 0.15) is 0 Å². The maximum Gasteiger partial charge on any atom is 0.242 e. The topological polar surface area (TPSA) is 75.4 Å². The molecule has 1 aliphatic heterocycles. The lowest BCUT2D eigenvalue weighted by molar-refractivity contribution is -0.137. The Labute approximate surface area is 114 Å². The molecule has 1 saturated carbocycles. The Morgan fingerprint density at radius 1 is 1.42 bits per heavy atom. The summed E-state index contributed by atoms with van der Waals surface area (Å²) >= 11 is 0. The van der Waals surface area contributed by atoms with Crippen LogP contribution >= 0.6 is 0 Å². The first kappa shape index (κ1) is 14.3. The minimum absolute atomic E-state index is 0.0403. The number of carbonyl (C=O) groups is 2. The van der Waals surface area contributed by atoms with E-state index in [0.717, 1.165) is 51.6 Å². The van der Waals surface area contributed by atoms with Crippen LogP contribution in [-0.2, 0) is 9.59 Å². The summed E-state index contributed by atoms with van der Waals surface area (Å²) in [5, 5.41) is 2.96. The molecule has 2 amide bonds. The highest BCUT2D eigenvalue weighted by molar-refractivity contribution is 5.90. The first-order valence-corrected chi connectivity index (χ1v) is 7.43. The third-order valence-electron chi connectivity index (χ3n) is 4.12. The van der Waals surface area contributed by atoms with Crippen LogP contribution in [0, 0.1) is 5.92 Å². The van der Waals surface area contributed by atoms with Gasteiger partial charge in [-0.3, -0.25) is 9.59 Å². The van der Waals surface area contributed by atoms with Gasteiger partial charge in [0.05, 0.1) is 11.5 Å². The minimum atomic E-state index is -0.611. The summed E-state index contributed by atoms with van der Waals surface area (Å²) < 4.78 is 0. The molecule has 1 heterocycles. The van der Waals surface area contributed by atoms with Crippen LogP contribution in [0.4, 0.5) is 0 Å². The van der Waals surface area contributed by atoms with Gasteiger partial charge >= 0.3 is 0 Å². The van der Waals surface area contributed by atoms with Gasteiger partial charge in [-0.25, -0.2) is 0 Å². The van der Waals surface area contributed by atoms with Crippen molar-refractivity contribution in [2.24, 2.45) is 11.7 Å². The molecule has 1 atom stereocenters. The van der Waals surface area contributed by atoms with Crippen LogP contribution in [0.1, 0.15) is 45.4 Å². The molecule has 0 aromatic heterocycles. The van der Waals surface area contributed by atoms with Crippen molar-refractivity contribution in [2.75, 3.05) is 19.6 Å². The number of rotatable bonds is 5. The fourth-order valence-corrected chi connectivity index (χ4v) is 2.57. The second kappa shape index (κ2) is 5.90. The number of hydrogen-bond donors (Lipinski definition) is 2. The maximum absolute atomic E-state index is 12.2. The Morgan fingerprint density at radius 2 is 2.16 bits per heavy atom. The van der Waals surface area contributed by atoms with Gasteiger partial charge in [-0.05, 0) is 32.1 Å². The second-order valence-corrected chi connectivity index (χ2v) is 5.89. The monoisotopic (exact) mass is 267 g/mol. The summed E-state index contributed by atoms with van der Waals surface area (Å²) in [6.07, 6.45) is 5.43. The average Bonchev–Trinajstić information content (AvgIpc) is 3.17. The van der Waals surface area contributed by atoms with Gasteiger partial charge in [0.15, 0.2) is 0 Å². The molecule has 5 heteroatoms. The van der Waals surface area contributed by atoms with Crippen LogP contribution < -0.4 is 11.1 Å². The van der Waals surface area contributed by atoms with Crippen molar-refractivity contribution in [3.63, 3.8) is 0 Å². The summed E-state index contributed by atoms with van der Waals surface area (Å²) in [7, 11) is 0. The Kier molecular flexibility index (Phi) is 4.45. The molecule has 108 valence electrons. The van der Waals surface area contributed by atoms with Crippen LogP contribution in [0.3, 0.4) is 0 Å². The van der Waals surface area contributed by atoms with Crippen LogP contribution in [0.25, 0.3) is 0 Å². The van der Waals surface area contributed by atoms with E-state index in [-0.39, 0.29) is 17.7 Å². The minimum Gasteiger partial charge on any atom is -0.356 e. The molecule has 19 heavy (non-hydrogen) atoms. The summed E-state index contributed by atoms with van der Waals surface area (Å²) in [6.45, 7) is 4.12. The van der Waals surface area contributed by atoms with Crippen LogP contribution in [-0.4, -0.2) is 41.9 Å². The number of piperidine rings is 1. The zero-order valence-electron chi connectivity index (χ0n) is 11.8. The number of nitrogens with one attached hydrogen (secondary N) is 1. The van der Waals surface area contributed by atoms with Crippen molar-refractivity contribution >= 4 is 11.8 Å². The number of likely N-dealkylation sites (tertiary alicyclic amines) is 1. The van der Waals surface area contributed by atoms with Crippen molar-refractivity contribution in [3.05, 3.63) is 0 Å². The first-order chi connectivity index (χ1) is 9.07. The molecule has 2 fully saturated rings. The zero-order valence-corrected chi connectivity index (χ0v) is 11.8. The Morgan fingerprint density at radius 3 is 2.79 bits per heavy atom. The highest BCUT2D eigenvalue weighted by atomic mass is 16.2.